The molecule has 1 fully saturated rings. The third-order valence-corrected chi connectivity index (χ3v) is 16.8. The summed E-state index contributed by atoms with van der Waals surface area (Å²) in [6.07, 6.45) is 4.18. The Labute approximate surface area is 506 Å². The molecule has 13 rings (SSSR count). The van der Waals surface area contributed by atoms with Gasteiger partial charge in [0.15, 0.2) is 0 Å². The Morgan fingerprint density at radius 3 is 1.67 bits per heavy atom. The fraction of sp³-hybridized carbons (Fsp3) is 0.154. The molecular formula is C78H66N3OPt-. The number of hydrogen-bond donors (Lipinski definition) is 1. The summed E-state index contributed by atoms with van der Waals surface area (Å²) in [6.45, 7) is 9.03. The summed E-state index contributed by atoms with van der Waals surface area (Å²) in [4.78, 5) is 10.8. The van der Waals surface area contributed by atoms with Crippen LogP contribution in [0.4, 0.5) is 0 Å². The molecule has 0 spiro atoms. The van der Waals surface area contributed by atoms with Crippen LogP contribution in [-0.2, 0) is 38.3 Å². The average molecular weight is 1260 g/mol. The van der Waals surface area contributed by atoms with Crippen molar-refractivity contribution >= 4 is 11.0 Å². The average Bonchev–Trinajstić information content (AvgIpc) is 2.53. The van der Waals surface area contributed by atoms with Crippen LogP contribution in [0, 0.1) is 12.0 Å². The van der Waals surface area contributed by atoms with E-state index in [0.717, 1.165) is 109 Å². The number of phenolic OH excluding ortho intramolecular Hbond substituents is 1. The van der Waals surface area contributed by atoms with Gasteiger partial charge in [-0.3, -0.25) is 9.55 Å². The van der Waals surface area contributed by atoms with E-state index in [1.807, 2.05) is 79.0 Å². The maximum Gasteiger partial charge on any atom is 0.148 e. The first kappa shape index (κ1) is 52.4. The van der Waals surface area contributed by atoms with E-state index in [4.69, 9.17) is 9.97 Å². The van der Waals surface area contributed by atoms with E-state index < -0.39 is 6.37 Å². The number of para-hydroxylation sites is 1. The first-order valence-corrected chi connectivity index (χ1v) is 28.8. The molecule has 0 amide bonds. The normalized spacial score (nSPS) is 13.3. The van der Waals surface area contributed by atoms with Crippen LogP contribution < -0.4 is 0 Å². The molecule has 0 atom stereocenters. The number of rotatable bonds is 13. The van der Waals surface area contributed by atoms with Gasteiger partial charge in [0.05, 0.1) is 22.3 Å². The number of aromatic nitrogens is 3. The van der Waals surface area contributed by atoms with E-state index >= 15 is 0 Å². The van der Waals surface area contributed by atoms with Crippen molar-refractivity contribution in [2.24, 2.45) is 5.92 Å². The number of phenols is 1. The Kier molecular flexibility index (Phi) is 14.7. The minimum Gasteiger partial charge on any atom is -0.507 e. The van der Waals surface area contributed by atoms with Crippen molar-refractivity contribution < 1.29 is 28.9 Å². The molecule has 10 aromatic carbocycles. The number of fused-ring (bicyclic) bond motifs is 1. The fourth-order valence-electron chi connectivity index (χ4n) is 12.2. The Morgan fingerprint density at radius 2 is 1.05 bits per heavy atom. The van der Waals surface area contributed by atoms with Crippen LogP contribution in [0.5, 0.6) is 5.75 Å². The molecule has 4 nitrogen and oxygen atoms in total. The van der Waals surface area contributed by atoms with Crippen molar-refractivity contribution in [3.8, 4) is 89.7 Å². The number of aromatic hydroxyl groups is 1. The SMILES string of the molecule is [2H]C([2H])(c1ccc(-n2c(-c3cc(-c4ccccc4)cc(-c4ccccc4)c3O)nc3c(-c4[c-]c(-c5cc(-c6ccc(C(C)(c7ccccc7)c7ccccc7)cc6)ccn5)cc(C(C)(C)C)c4)cccc32)c(-c2ccccc2)c1)C1CCCC1.[Pt]. The van der Waals surface area contributed by atoms with Crippen LogP contribution in [-0.4, -0.2) is 19.6 Å². The largest absolute Gasteiger partial charge is 0.507 e. The first-order chi connectivity index (χ1) is 40.8. The van der Waals surface area contributed by atoms with Crippen molar-refractivity contribution in [2.75, 3.05) is 0 Å². The summed E-state index contributed by atoms with van der Waals surface area (Å²) < 4.78 is 21.4. The van der Waals surface area contributed by atoms with Gasteiger partial charge >= 0.3 is 0 Å². The van der Waals surface area contributed by atoms with Crippen LogP contribution in [0.1, 0.15) is 83.9 Å². The van der Waals surface area contributed by atoms with Gasteiger partial charge in [0, 0.05) is 52.2 Å². The Balaban J connectivity index is 0.00000709. The van der Waals surface area contributed by atoms with Gasteiger partial charge in [0.2, 0.25) is 0 Å². The first-order valence-electron chi connectivity index (χ1n) is 29.8. The molecule has 1 aliphatic carbocycles. The smallest absolute Gasteiger partial charge is 0.148 e. The molecule has 83 heavy (non-hydrogen) atoms. The Bertz CT molecular complexity index is 4290. The second kappa shape index (κ2) is 23.3. The fourth-order valence-corrected chi connectivity index (χ4v) is 12.2. The molecule has 2 heterocycles. The van der Waals surface area contributed by atoms with Gasteiger partial charge in [-0.15, -0.1) is 29.3 Å². The van der Waals surface area contributed by atoms with Crippen LogP contribution in [0.25, 0.3) is 95.0 Å². The molecule has 0 saturated heterocycles. The third-order valence-electron chi connectivity index (χ3n) is 16.8. The van der Waals surface area contributed by atoms with E-state index in [0.29, 0.717) is 22.5 Å². The number of imidazole rings is 1. The summed E-state index contributed by atoms with van der Waals surface area (Å²) in [5.41, 5.74) is 18.7. The standard InChI is InChI=1S/C78H66N3O.Pt/c1-77(2,3)66-48-61(47-62(49-66)71-52-59(43-44-79-71)56-38-40-65(41-39-56)78(4,63-31-16-8-17-32-63)64-33-18-9-19-34-64)67-35-22-36-73-74(67)80-76(70-51-60(55-25-10-5-11-26-55)50-69(75(70)82)58-29-14-7-15-30-58)81(73)72-42-37-54(45-53-23-20-21-24-53)46-68(72)57-27-12-6-13-28-57;/h5-19,22,25-44,46,48-53,82H,20-21,23-24,45H2,1-4H3;/q-1;/i45D2;. The van der Waals surface area contributed by atoms with Crippen LogP contribution >= 0.6 is 0 Å². The molecular weight excluding hydrogens is 1190 g/mol. The summed E-state index contributed by atoms with van der Waals surface area (Å²) in [6, 6.07) is 90.3. The molecule has 410 valence electrons. The second-order valence-corrected chi connectivity index (χ2v) is 23.1. The number of hydrogen-bond acceptors (Lipinski definition) is 3. The zero-order valence-electron chi connectivity index (χ0n) is 49.3. The summed E-state index contributed by atoms with van der Waals surface area (Å²) >= 11 is 0. The van der Waals surface area contributed by atoms with Crippen molar-refractivity contribution in [3.05, 3.63) is 289 Å². The molecule has 1 aliphatic rings. The van der Waals surface area contributed by atoms with Gasteiger partial charge in [-0.05, 0) is 117 Å². The summed E-state index contributed by atoms with van der Waals surface area (Å²) in [7, 11) is 0. The molecule has 0 radical (unpaired) electrons. The molecule has 5 heteroatoms. The van der Waals surface area contributed by atoms with Crippen LogP contribution in [0.3, 0.4) is 0 Å². The third kappa shape index (κ3) is 10.9. The topological polar surface area (TPSA) is 50.9 Å². The molecule has 2 aromatic heterocycles. The summed E-state index contributed by atoms with van der Waals surface area (Å²) in [5.74, 6) is 0.596. The van der Waals surface area contributed by atoms with E-state index in [1.165, 1.54) is 16.7 Å². The minimum atomic E-state index is -1.53. The van der Waals surface area contributed by atoms with Crippen molar-refractivity contribution in [1.82, 2.24) is 14.5 Å². The summed E-state index contributed by atoms with van der Waals surface area (Å²) in [5, 5.41) is 12.9. The predicted molar refractivity (Wildman–Crippen MR) is 340 cm³/mol. The minimum absolute atomic E-state index is 0. The van der Waals surface area contributed by atoms with E-state index in [9.17, 15) is 7.85 Å². The van der Waals surface area contributed by atoms with Gasteiger partial charge < -0.3 is 5.11 Å². The maximum absolute atomic E-state index is 12.9. The van der Waals surface area contributed by atoms with Crippen molar-refractivity contribution in [1.29, 1.82) is 0 Å². The Morgan fingerprint density at radius 1 is 0.494 bits per heavy atom. The number of pyridine rings is 1. The van der Waals surface area contributed by atoms with Gasteiger partial charge in [-0.25, -0.2) is 4.98 Å². The molecule has 0 unspecified atom stereocenters. The monoisotopic (exact) mass is 1260 g/mol. The van der Waals surface area contributed by atoms with E-state index in [-0.39, 0.29) is 43.6 Å². The molecule has 0 aliphatic heterocycles. The van der Waals surface area contributed by atoms with E-state index in [1.54, 1.807) is 0 Å². The second-order valence-electron chi connectivity index (χ2n) is 23.1. The maximum atomic E-state index is 12.9. The van der Waals surface area contributed by atoms with Gasteiger partial charge in [0.1, 0.15) is 11.6 Å². The van der Waals surface area contributed by atoms with Crippen LogP contribution in [0.15, 0.2) is 255 Å². The molecule has 12 aromatic rings. The number of benzene rings is 10. The van der Waals surface area contributed by atoms with Crippen LogP contribution in [0.2, 0.25) is 0 Å². The number of nitrogens with zero attached hydrogens (tertiary/aromatic N) is 3. The van der Waals surface area contributed by atoms with Crippen molar-refractivity contribution in [3.63, 3.8) is 0 Å². The molecule has 1 N–H and O–H groups in total. The quantitative estimate of drug-likeness (QED) is 0.0924. The zero-order chi connectivity index (χ0) is 57.6. The van der Waals surface area contributed by atoms with Gasteiger partial charge in [-0.2, -0.15) is 0 Å². The van der Waals surface area contributed by atoms with Crippen molar-refractivity contribution in [2.45, 2.75) is 70.6 Å². The van der Waals surface area contributed by atoms with Gasteiger partial charge in [-0.1, -0.05) is 258 Å². The predicted octanol–water partition coefficient (Wildman–Crippen LogP) is 20.0. The Hall–Kier alpha value is -8.69. The van der Waals surface area contributed by atoms with Gasteiger partial charge in [0.25, 0.3) is 0 Å². The zero-order valence-corrected chi connectivity index (χ0v) is 49.5. The molecule has 0 bridgehead atoms. The molecule has 1 saturated carbocycles. The van der Waals surface area contributed by atoms with E-state index in [2.05, 4.69) is 214 Å².